The second-order valence-electron chi connectivity index (χ2n) is 2.27. The second-order valence-corrected chi connectivity index (χ2v) is 2.27. The van der Waals surface area contributed by atoms with Gasteiger partial charge in [-0.15, -0.1) is 0 Å². The first-order valence-corrected chi connectivity index (χ1v) is 3.69. The van der Waals surface area contributed by atoms with E-state index in [1.807, 2.05) is 0 Å². The van der Waals surface area contributed by atoms with Gasteiger partial charge in [-0.2, -0.15) is 0 Å². The lowest BCUT2D eigenvalue weighted by atomic mass is 10.3. The fraction of sp³-hybridized carbons (Fsp3) is 0.556. The molecule has 0 rings (SSSR count). The standard InChI is InChI=1S/C9H16O/c1-4-6-7-10-8-9(3)5-2/h5H,2-4,6-8H2,1H3. The average molecular weight is 140 g/mol. The molecule has 0 heterocycles. The third kappa shape index (κ3) is 5.57. The number of ether oxygens (including phenoxy) is 1. The molecule has 0 fully saturated rings. The molecule has 58 valence electrons. The SMILES string of the molecule is C=CC(=C)COCCCC. The van der Waals surface area contributed by atoms with Crippen LogP contribution in [0.2, 0.25) is 0 Å². The fourth-order valence-electron chi connectivity index (χ4n) is 0.509. The molecule has 0 aliphatic carbocycles. The number of hydrogen-bond acceptors (Lipinski definition) is 1. The Morgan fingerprint density at radius 1 is 1.60 bits per heavy atom. The van der Waals surface area contributed by atoms with Crippen LogP contribution < -0.4 is 0 Å². The highest BCUT2D eigenvalue weighted by molar-refractivity contribution is 5.10. The molecule has 0 atom stereocenters. The predicted molar refractivity (Wildman–Crippen MR) is 45.1 cm³/mol. The fourth-order valence-corrected chi connectivity index (χ4v) is 0.509. The first kappa shape index (κ1) is 9.44. The van der Waals surface area contributed by atoms with Crippen LogP contribution in [-0.4, -0.2) is 13.2 Å². The number of hydrogen-bond donors (Lipinski definition) is 0. The maximum absolute atomic E-state index is 5.26. The molecule has 0 aliphatic rings. The van der Waals surface area contributed by atoms with Crippen molar-refractivity contribution < 1.29 is 4.74 Å². The lowest BCUT2D eigenvalue weighted by molar-refractivity contribution is 0.155. The van der Waals surface area contributed by atoms with Crippen molar-refractivity contribution in [2.45, 2.75) is 19.8 Å². The van der Waals surface area contributed by atoms with Gasteiger partial charge in [-0.3, -0.25) is 0 Å². The molecule has 0 aromatic heterocycles. The molecule has 0 aliphatic heterocycles. The summed E-state index contributed by atoms with van der Waals surface area (Å²) in [7, 11) is 0. The zero-order valence-corrected chi connectivity index (χ0v) is 6.73. The normalized spacial score (nSPS) is 9.30. The Labute approximate surface area is 63.4 Å². The van der Waals surface area contributed by atoms with Crippen LogP contribution in [0.1, 0.15) is 19.8 Å². The summed E-state index contributed by atoms with van der Waals surface area (Å²) in [5.74, 6) is 0. The van der Waals surface area contributed by atoms with Crippen molar-refractivity contribution in [2.24, 2.45) is 0 Å². The summed E-state index contributed by atoms with van der Waals surface area (Å²) in [6.07, 6.45) is 4.04. The van der Waals surface area contributed by atoms with Gasteiger partial charge in [-0.25, -0.2) is 0 Å². The van der Waals surface area contributed by atoms with E-state index in [0.29, 0.717) is 6.61 Å². The second kappa shape index (κ2) is 6.56. The summed E-state index contributed by atoms with van der Waals surface area (Å²) in [6, 6.07) is 0. The highest BCUT2D eigenvalue weighted by Crippen LogP contribution is 1.94. The predicted octanol–water partition coefficient (Wildman–Crippen LogP) is 2.55. The highest BCUT2D eigenvalue weighted by Gasteiger charge is 1.87. The van der Waals surface area contributed by atoms with E-state index < -0.39 is 0 Å². The molecule has 0 saturated carbocycles. The Hall–Kier alpha value is -0.560. The largest absolute Gasteiger partial charge is 0.377 e. The van der Waals surface area contributed by atoms with Crippen molar-refractivity contribution in [3.8, 4) is 0 Å². The van der Waals surface area contributed by atoms with Crippen LogP contribution in [0.4, 0.5) is 0 Å². The van der Waals surface area contributed by atoms with Gasteiger partial charge < -0.3 is 4.74 Å². The average Bonchev–Trinajstić information content (AvgIpc) is 1.98. The van der Waals surface area contributed by atoms with Crippen LogP contribution in [0.25, 0.3) is 0 Å². The van der Waals surface area contributed by atoms with Crippen molar-refractivity contribution in [3.05, 3.63) is 24.8 Å². The lowest BCUT2D eigenvalue weighted by Crippen LogP contribution is -1.96. The van der Waals surface area contributed by atoms with Crippen LogP contribution in [0.15, 0.2) is 24.8 Å². The van der Waals surface area contributed by atoms with Gasteiger partial charge in [0.15, 0.2) is 0 Å². The third-order valence-corrected chi connectivity index (χ3v) is 1.22. The van der Waals surface area contributed by atoms with E-state index in [9.17, 15) is 0 Å². The Bertz CT molecular complexity index is 105. The summed E-state index contributed by atoms with van der Waals surface area (Å²) in [5.41, 5.74) is 0.955. The summed E-state index contributed by atoms with van der Waals surface area (Å²) in [4.78, 5) is 0. The lowest BCUT2D eigenvalue weighted by Gasteiger charge is -2.01. The summed E-state index contributed by atoms with van der Waals surface area (Å²) in [6.45, 7) is 10.9. The van der Waals surface area contributed by atoms with Gasteiger partial charge in [-0.05, 0) is 12.0 Å². The Morgan fingerprint density at radius 3 is 2.80 bits per heavy atom. The zero-order chi connectivity index (χ0) is 7.82. The van der Waals surface area contributed by atoms with Gasteiger partial charge in [0.05, 0.1) is 6.61 Å². The minimum atomic E-state index is 0.628. The molecular weight excluding hydrogens is 124 g/mol. The smallest absolute Gasteiger partial charge is 0.0710 e. The summed E-state index contributed by atoms with van der Waals surface area (Å²) >= 11 is 0. The number of rotatable bonds is 6. The summed E-state index contributed by atoms with van der Waals surface area (Å²) < 4.78 is 5.26. The van der Waals surface area contributed by atoms with E-state index in [4.69, 9.17) is 4.74 Å². The van der Waals surface area contributed by atoms with Crippen LogP contribution in [-0.2, 0) is 4.74 Å². The van der Waals surface area contributed by atoms with Crippen molar-refractivity contribution in [2.75, 3.05) is 13.2 Å². The monoisotopic (exact) mass is 140 g/mol. The maximum atomic E-state index is 5.26. The Kier molecular flexibility index (Phi) is 6.19. The van der Waals surface area contributed by atoms with E-state index in [1.165, 1.54) is 6.42 Å². The molecule has 0 amide bonds. The van der Waals surface area contributed by atoms with Gasteiger partial charge in [-0.1, -0.05) is 32.6 Å². The van der Waals surface area contributed by atoms with Crippen molar-refractivity contribution in [3.63, 3.8) is 0 Å². The molecule has 0 bridgehead atoms. The van der Waals surface area contributed by atoms with Gasteiger partial charge in [0.25, 0.3) is 0 Å². The molecule has 0 aromatic rings. The van der Waals surface area contributed by atoms with E-state index in [1.54, 1.807) is 6.08 Å². The van der Waals surface area contributed by atoms with Gasteiger partial charge in [0.2, 0.25) is 0 Å². The molecule has 1 heteroatoms. The van der Waals surface area contributed by atoms with Crippen LogP contribution in [0.3, 0.4) is 0 Å². The van der Waals surface area contributed by atoms with E-state index in [-0.39, 0.29) is 0 Å². The molecule has 10 heavy (non-hydrogen) atoms. The highest BCUT2D eigenvalue weighted by atomic mass is 16.5. The molecule has 0 unspecified atom stereocenters. The van der Waals surface area contributed by atoms with Crippen LogP contribution in [0, 0.1) is 0 Å². The van der Waals surface area contributed by atoms with Gasteiger partial charge >= 0.3 is 0 Å². The maximum Gasteiger partial charge on any atom is 0.0710 e. The molecule has 0 aromatic carbocycles. The molecule has 1 nitrogen and oxygen atoms in total. The first-order valence-electron chi connectivity index (χ1n) is 3.69. The molecular formula is C9H16O. The minimum Gasteiger partial charge on any atom is -0.377 e. The molecule has 0 N–H and O–H groups in total. The van der Waals surface area contributed by atoms with Crippen LogP contribution in [0.5, 0.6) is 0 Å². The van der Waals surface area contributed by atoms with Crippen molar-refractivity contribution in [1.29, 1.82) is 0 Å². The van der Waals surface area contributed by atoms with Gasteiger partial charge in [0, 0.05) is 6.61 Å². The summed E-state index contributed by atoms with van der Waals surface area (Å²) in [5, 5.41) is 0. The number of unbranched alkanes of at least 4 members (excludes halogenated alkanes) is 1. The third-order valence-electron chi connectivity index (χ3n) is 1.22. The first-order chi connectivity index (χ1) is 4.81. The molecule has 0 spiro atoms. The molecule has 0 radical (unpaired) electrons. The van der Waals surface area contributed by atoms with Crippen LogP contribution >= 0.6 is 0 Å². The topological polar surface area (TPSA) is 9.23 Å². The Morgan fingerprint density at radius 2 is 2.30 bits per heavy atom. The van der Waals surface area contributed by atoms with Gasteiger partial charge in [0.1, 0.15) is 0 Å². The quantitative estimate of drug-likeness (QED) is 0.407. The minimum absolute atomic E-state index is 0.628. The molecule has 0 saturated heterocycles. The van der Waals surface area contributed by atoms with E-state index in [2.05, 4.69) is 20.1 Å². The van der Waals surface area contributed by atoms with Crippen molar-refractivity contribution >= 4 is 0 Å². The Balaban J connectivity index is 3.03. The van der Waals surface area contributed by atoms with E-state index >= 15 is 0 Å². The zero-order valence-electron chi connectivity index (χ0n) is 6.73. The van der Waals surface area contributed by atoms with Crippen molar-refractivity contribution in [1.82, 2.24) is 0 Å². The van der Waals surface area contributed by atoms with E-state index in [0.717, 1.165) is 18.6 Å².